The molecule has 0 fully saturated rings. The monoisotopic (exact) mass is 384 g/mol. The van der Waals surface area contributed by atoms with E-state index in [0.717, 1.165) is 28.2 Å². The SMILES string of the molecule is COCc1ccccc1CNC(=O)NC(c1ccc2c(c1)OCCO2)C(C)C. The van der Waals surface area contributed by atoms with Crippen molar-refractivity contribution in [3.63, 3.8) is 0 Å². The summed E-state index contributed by atoms with van der Waals surface area (Å²) in [6, 6.07) is 13.4. The van der Waals surface area contributed by atoms with Crippen molar-refractivity contribution in [2.75, 3.05) is 20.3 Å². The van der Waals surface area contributed by atoms with E-state index in [2.05, 4.69) is 24.5 Å². The Morgan fingerprint density at radius 3 is 2.50 bits per heavy atom. The van der Waals surface area contributed by atoms with E-state index in [1.807, 2.05) is 42.5 Å². The van der Waals surface area contributed by atoms with Crippen LogP contribution < -0.4 is 20.1 Å². The smallest absolute Gasteiger partial charge is 0.315 e. The van der Waals surface area contributed by atoms with Crippen LogP contribution in [0.25, 0.3) is 0 Å². The van der Waals surface area contributed by atoms with Crippen molar-refractivity contribution < 1.29 is 19.0 Å². The molecule has 3 rings (SSSR count). The molecule has 150 valence electrons. The fourth-order valence-electron chi connectivity index (χ4n) is 3.28. The Bertz CT molecular complexity index is 807. The van der Waals surface area contributed by atoms with E-state index in [4.69, 9.17) is 14.2 Å². The summed E-state index contributed by atoms with van der Waals surface area (Å²) in [5, 5.41) is 6.04. The number of hydrogen-bond acceptors (Lipinski definition) is 4. The van der Waals surface area contributed by atoms with Crippen LogP contribution in [0.4, 0.5) is 4.79 Å². The van der Waals surface area contributed by atoms with Crippen LogP contribution in [0.15, 0.2) is 42.5 Å². The van der Waals surface area contributed by atoms with Gasteiger partial charge in [-0.15, -0.1) is 0 Å². The minimum atomic E-state index is -0.208. The predicted octanol–water partition coefficient (Wildman–Crippen LogP) is 3.80. The van der Waals surface area contributed by atoms with Crippen LogP contribution in [-0.4, -0.2) is 26.4 Å². The molecule has 0 aromatic heterocycles. The number of fused-ring (bicyclic) bond motifs is 1. The zero-order chi connectivity index (χ0) is 19.9. The molecular weight excluding hydrogens is 356 g/mol. The quantitative estimate of drug-likeness (QED) is 0.762. The molecule has 28 heavy (non-hydrogen) atoms. The zero-order valence-corrected chi connectivity index (χ0v) is 16.7. The number of rotatable bonds is 7. The molecular formula is C22H28N2O4. The lowest BCUT2D eigenvalue weighted by molar-refractivity contribution is 0.171. The minimum absolute atomic E-state index is 0.134. The van der Waals surface area contributed by atoms with Gasteiger partial charge in [-0.3, -0.25) is 0 Å². The summed E-state index contributed by atoms with van der Waals surface area (Å²) in [4.78, 5) is 12.6. The molecule has 1 atom stereocenters. The van der Waals surface area contributed by atoms with Gasteiger partial charge in [-0.25, -0.2) is 4.79 Å². The van der Waals surface area contributed by atoms with Crippen LogP contribution in [0.2, 0.25) is 0 Å². The number of ether oxygens (including phenoxy) is 3. The normalized spacial score (nSPS) is 13.9. The van der Waals surface area contributed by atoms with Gasteiger partial charge in [0.05, 0.1) is 12.6 Å². The average Bonchev–Trinajstić information content (AvgIpc) is 2.71. The second-order valence-corrected chi connectivity index (χ2v) is 7.15. The molecule has 2 aromatic carbocycles. The number of nitrogens with one attached hydrogen (secondary N) is 2. The van der Waals surface area contributed by atoms with Crippen molar-refractivity contribution in [2.24, 2.45) is 5.92 Å². The summed E-state index contributed by atoms with van der Waals surface area (Å²) in [7, 11) is 1.66. The summed E-state index contributed by atoms with van der Waals surface area (Å²) >= 11 is 0. The molecule has 0 spiro atoms. The van der Waals surface area contributed by atoms with Gasteiger partial charge < -0.3 is 24.8 Å². The zero-order valence-electron chi connectivity index (χ0n) is 16.7. The van der Waals surface area contributed by atoms with Crippen molar-refractivity contribution in [1.82, 2.24) is 10.6 Å². The molecule has 0 saturated carbocycles. The first-order valence-corrected chi connectivity index (χ1v) is 9.58. The molecule has 1 unspecified atom stereocenters. The Kier molecular flexibility index (Phi) is 6.76. The molecule has 6 heteroatoms. The maximum absolute atomic E-state index is 12.6. The van der Waals surface area contributed by atoms with Crippen molar-refractivity contribution in [2.45, 2.75) is 33.0 Å². The van der Waals surface area contributed by atoms with Crippen LogP contribution in [-0.2, 0) is 17.9 Å². The molecule has 1 aliphatic rings. The van der Waals surface area contributed by atoms with Crippen molar-refractivity contribution in [3.8, 4) is 11.5 Å². The summed E-state index contributed by atoms with van der Waals surface area (Å²) < 4.78 is 16.5. The lowest BCUT2D eigenvalue weighted by Gasteiger charge is -2.25. The van der Waals surface area contributed by atoms with Gasteiger partial charge in [-0.05, 0) is 34.7 Å². The lowest BCUT2D eigenvalue weighted by Crippen LogP contribution is -2.39. The molecule has 0 bridgehead atoms. The summed E-state index contributed by atoms with van der Waals surface area (Å²) in [5.41, 5.74) is 3.10. The Morgan fingerprint density at radius 2 is 1.79 bits per heavy atom. The predicted molar refractivity (Wildman–Crippen MR) is 108 cm³/mol. The Morgan fingerprint density at radius 1 is 1.07 bits per heavy atom. The van der Waals surface area contributed by atoms with Crippen LogP contribution in [0, 0.1) is 5.92 Å². The van der Waals surface area contributed by atoms with Gasteiger partial charge in [0.2, 0.25) is 0 Å². The minimum Gasteiger partial charge on any atom is -0.486 e. The fraction of sp³-hybridized carbons (Fsp3) is 0.409. The Hall–Kier alpha value is -2.73. The van der Waals surface area contributed by atoms with Crippen LogP contribution in [0.1, 0.15) is 36.6 Å². The highest BCUT2D eigenvalue weighted by Gasteiger charge is 2.21. The first kappa shape index (κ1) is 20.0. The van der Waals surface area contributed by atoms with Crippen LogP contribution in [0.5, 0.6) is 11.5 Å². The van der Waals surface area contributed by atoms with Gasteiger partial charge in [-0.1, -0.05) is 44.2 Å². The second kappa shape index (κ2) is 9.46. The van der Waals surface area contributed by atoms with E-state index >= 15 is 0 Å². The molecule has 2 amide bonds. The number of benzene rings is 2. The Labute approximate surface area is 166 Å². The van der Waals surface area contributed by atoms with Gasteiger partial charge in [0.25, 0.3) is 0 Å². The standard InChI is InChI=1S/C22H28N2O4/c1-15(2)21(16-8-9-19-20(12-16)28-11-10-27-19)24-22(25)23-13-17-6-4-5-7-18(17)14-26-3/h4-9,12,15,21H,10-11,13-14H2,1-3H3,(H2,23,24,25). The van der Waals surface area contributed by atoms with Gasteiger partial charge in [0.1, 0.15) is 13.2 Å². The third-order valence-corrected chi connectivity index (χ3v) is 4.74. The summed E-state index contributed by atoms with van der Waals surface area (Å²) in [6.07, 6.45) is 0. The second-order valence-electron chi connectivity index (χ2n) is 7.15. The molecule has 1 aliphatic heterocycles. The maximum Gasteiger partial charge on any atom is 0.315 e. The van der Waals surface area contributed by atoms with Gasteiger partial charge >= 0.3 is 6.03 Å². The topological polar surface area (TPSA) is 68.8 Å². The van der Waals surface area contributed by atoms with Crippen molar-refractivity contribution in [1.29, 1.82) is 0 Å². The van der Waals surface area contributed by atoms with Gasteiger partial charge in [-0.2, -0.15) is 0 Å². The highest BCUT2D eigenvalue weighted by atomic mass is 16.6. The molecule has 0 aliphatic carbocycles. The largest absolute Gasteiger partial charge is 0.486 e. The van der Waals surface area contributed by atoms with E-state index in [-0.39, 0.29) is 18.0 Å². The van der Waals surface area contributed by atoms with E-state index < -0.39 is 0 Å². The molecule has 1 heterocycles. The number of hydrogen-bond donors (Lipinski definition) is 2. The van der Waals surface area contributed by atoms with E-state index in [9.17, 15) is 4.79 Å². The number of amides is 2. The number of carbonyl (C=O) groups is 1. The maximum atomic E-state index is 12.6. The molecule has 2 aromatic rings. The van der Waals surface area contributed by atoms with Crippen LogP contribution in [0.3, 0.4) is 0 Å². The first-order valence-electron chi connectivity index (χ1n) is 9.58. The number of methoxy groups -OCH3 is 1. The molecule has 2 N–H and O–H groups in total. The van der Waals surface area contributed by atoms with Crippen molar-refractivity contribution >= 4 is 6.03 Å². The van der Waals surface area contributed by atoms with Crippen molar-refractivity contribution in [3.05, 3.63) is 59.2 Å². The average molecular weight is 384 g/mol. The highest BCUT2D eigenvalue weighted by Crippen LogP contribution is 2.34. The molecule has 0 radical (unpaired) electrons. The lowest BCUT2D eigenvalue weighted by atomic mass is 9.95. The number of carbonyl (C=O) groups excluding carboxylic acids is 1. The first-order chi connectivity index (χ1) is 13.6. The summed E-state index contributed by atoms with van der Waals surface area (Å²) in [5.74, 6) is 1.69. The van der Waals surface area contributed by atoms with Crippen LogP contribution >= 0.6 is 0 Å². The number of urea groups is 1. The molecule has 0 saturated heterocycles. The Balaban J connectivity index is 1.65. The fourth-order valence-corrected chi connectivity index (χ4v) is 3.28. The summed E-state index contributed by atoms with van der Waals surface area (Å²) in [6.45, 7) is 6.22. The molecule has 6 nitrogen and oxygen atoms in total. The van der Waals surface area contributed by atoms with E-state index in [1.54, 1.807) is 7.11 Å². The highest BCUT2D eigenvalue weighted by molar-refractivity contribution is 5.74. The third kappa shape index (κ3) is 4.95. The van der Waals surface area contributed by atoms with Gasteiger partial charge in [0.15, 0.2) is 11.5 Å². The van der Waals surface area contributed by atoms with E-state index in [0.29, 0.717) is 26.4 Å². The third-order valence-electron chi connectivity index (χ3n) is 4.74. The van der Waals surface area contributed by atoms with E-state index in [1.165, 1.54) is 0 Å². The van der Waals surface area contributed by atoms with Gasteiger partial charge in [0, 0.05) is 13.7 Å².